The normalized spacial score (nSPS) is 10.3. The summed E-state index contributed by atoms with van der Waals surface area (Å²) in [4.78, 5) is 0. The van der Waals surface area contributed by atoms with Crippen LogP contribution in [0.15, 0.2) is 24.3 Å². The summed E-state index contributed by atoms with van der Waals surface area (Å²) < 4.78 is 7.30. The molecular formula is C12H13N2O. The molecule has 77 valence electrons. The molecule has 0 bridgehead atoms. The topological polar surface area (TPSA) is 27.1 Å². The summed E-state index contributed by atoms with van der Waals surface area (Å²) in [7, 11) is 1.83. The van der Waals surface area contributed by atoms with Crippen molar-refractivity contribution in [2.45, 2.75) is 13.8 Å². The van der Waals surface area contributed by atoms with Gasteiger partial charge in [0.15, 0.2) is 0 Å². The lowest BCUT2D eigenvalue weighted by molar-refractivity contribution is 0.430. The molecule has 0 aliphatic carbocycles. The van der Waals surface area contributed by atoms with Crippen LogP contribution >= 0.6 is 0 Å². The van der Waals surface area contributed by atoms with Crippen molar-refractivity contribution >= 4 is 0 Å². The Morgan fingerprint density at radius 3 is 2.67 bits per heavy atom. The van der Waals surface area contributed by atoms with Crippen molar-refractivity contribution in [2.24, 2.45) is 7.05 Å². The Hall–Kier alpha value is -1.77. The molecule has 0 atom stereocenters. The van der Waals surface area contributed by atoms with Crippen LogP contribution in [-0.2, 0) is 7.05 Å². The van der Waals surface area contributed by atoms with Crippen molar-refractivity contribution in [2.75, 3.05) is 0 Å². The number of nitrogens with zero attached hydrogens (tertiary/aromatic N) is 2. The lowest BCUT2D eigenvalue weighted by atomic mass is 10.1. The van der Waals surface area contributed by atoms with E-state index >= 15 is 0 Å². The Bertz CT molecular complexity index is 474. The van der Waals surface area contributed by atoms with Gasteiger partial charge in [0.25, 0.3) is 0 Å². The van der Waals surface area contributed by atoms with Gasteiger partial charge in [0.1, 0.15) is 11.9 Å². The van der Waals surface area contributed by atoms with Crippen molar-refractivity contribution in [3.05, 3.63) is 41.6 Å². The predicted octanol–water partition coefficient (Wildman–Crippen LogP) is 2.63. The van der Waals surface area contributed by atoms with Crippen LogP contribution in [0, 0.1) is 20.0 Å². The van der Waals surface area contributed by atoms with E-state index in [1.807, 2.05) is 25.2 Å². The molecule has 1 radical (unpaired) electrons. The maximum Gasteiger partial charge on any atom is 0.218 e. The van der Waals surface area contributed by atoms with E-state index in [1.54, 1.807) is 10.7 Å². The van der Waals surface area contributed by atoms with Crippen LogP contribution in [0.2, 0.25) is 0 Å². The van der Waals surface area contributed by atoms with Gasteiger partial charge < -0.3 is 4.74 Å². The first kappa shape index (κ1) is 9.77. The maximum atomic E-state index is 5.65. The quantitative estimate of drug-likeness (QED) is 0.746. The zero-order valence-corrected chi connectivity index (χ0v) is 9.11. The summed E-state index contributed by atoms with van der Waals surface area (Å²) in [6.45, 7) is 4.15. The monoisotopic (exact) mass is 201 g/mol. The molecule has 3 nitrogen and oxygen atoms in total. The summed E-state index contributed by atoms with van der Waals surface area (Å²) in [5, 5.41) is 3.92. The summed E-state index contributed by atoms with van der Waals surface area (Å²) in [5.41, 5.74) is 2.48. The second-order valence-electron chi connectivity index (χ2n) is 3.58. The van der Waals surface area contributed by atoms with Gasteiger partial charge in [0, 0.05) is 13.1 Å². The van der Waals surface area contributed by atoms with Crippen LogP contribution in [0.5, 0.6) is 11.6 Å². The zero-order valence-electron chi connectivity index (χ0n) is 9.11. The first-order chi connectivity index (χ1) is 7.16. The van der Waals surface area contributed by atoms with Crippen molar-refractivity contribution < 1.29 is 4.74 Å². The molecule has 1 heterocycles. The summed E-state index contributed by atoms with van der Waals surface area (Å²) >= 11 is 0. The van der Waals surface area contributed by atoms with Gasteiger partial charge >= 0.3 is 0 Å². The molecule has 0 saturated heterocycles. The first-order valence-corrected chi connectivity index (χ1v) is 4.82. The van der Waals surface area contributed by atoms with Crippen LogP contribution in [0.25, 0.3) is 0 Å². The molecule has 1 aromatic heterocycles. The fourth-order valence-electron chi connectivity index (χ4n) is 1.31. The molecule has 2 rings (SSSR count). The molecule has 0 N–H and O–H groups in total. The van der Waals surface area contributed by atoms with Gasteiger partial charge in [-0.05, 0) is 37.1 Å². The van der Waals surface area contributed by atoms with Crippen LogP contribution in [-0.4, -0.2) is 9.78 Å². The highest BCUT2D eigenvalue weighted by Gasteiger charge is 2.02. The number of rotatable bonds is 2. The molecule has 0 saturated carbocycles. The highest BCUT2D eigenvalue weighted by Crippen LogP contribution is 2.22. The van der Waals surface area contributed by atoms with Gasteiger partial charge in [0.2, 0.25) is 5.88 Å². The Morgan fingerprint density at radius 1 is 1.27 bits per heavy atom. The van der Waals surface area contributed by atoms with Gasteiger partial charge in [-0.25, -0.2) is 4.68 Å². The Labute approximate surface area is 89.3 Å². The molecule has 0 amide bonds. The maximum absolute atomic E-state index is 5.65. The Morgan fingerprint density at radius 2 is 2.07 bits per heavy atom. The molecular weight excluding hydrogens is 188 g/mol. The Kier molecular flexibility index (Phi) is 2.46. The molecule has 15 heavy (non-hydrogen) atoms. The van der Waals surface area contributed by atoms with E-state index in [0.717, 1.165) is 5.75 Å². The number of hydrogen-bond acceptors (Lipinski definition) is 2. The van der Waals surface area contributed by atoms with Gasteiger partial charge in [-0.3, -0.25) is 0 Å². The van der Waals surface area contributed by atoms with E-state index in [9.17, 15) is 0 Å². The van der Waals surface area contributed by atoms with Crippen molar-refractivity contribution in [1.29, 1.82) is 0 Å². The van der Waals surface area contributed by atoms with Crippen LogP contribution in [0.3, 0.4) is 0 Å². The van der Waals surface area contributed by atoms with Crippen molar-refractivity contribution in [1.82, 2.24) is 9.78 Å². The lowest BCUT2D eigenvalue weighted by Crippen LogP contribution is -1.95. The van der Waals surface area contributed by atoms with Gasteiger partial charge in [0.05, 0.1) is 0 Å². The third-order valence-corrected chi connectivity index (χ3v) is 2.42. The van der Waals surface area contributed by atoms with E-state index in [0.29, 0.717) is 5.88 Å². The summed E-state index contributed by atoms with van der Waals surface area (Å²) in [6.07, 6.45) is 2.73. The predicted molar refractivity (Wildman–Crippen MR) is 58.0 cm³/mol. The number of hydrogen-bond donors (Lipinski definition) is 0. The average molecular weight is 201 g/mol. The second kappa shape index (κ2) is 3.77. The lowest BCUT2D eigenvalue weighted by Gasteiger charge is -2.07. The van der Waals surface area contributed by atoms with E-state index in [1.165, 1.54) is 11.1 Å². The average Bonchev–Trinajstić information content (AvgIpc) is 2.59. The Balaban J connectivity index is 2.25. The van der Waals surface area contributed by atoms with Crippen molar-refractivity contribution in [3.63, 3.8) is 0 Å². The fraction of sp³-hybridized carbons (Fsp3) is 0.250. The minimum atomic E-state index is 0.693. The number of ether oxygens (including phenoxy) is 1. The van der Waals surface area contributed by atoms with Crippen LogP contribution in [0.1, 0.15) is 11.1 Å². The second-order valence-corrected chi connectivity index (χ2v) is 3.58. The zero-order chi connectivity index (χ0) is 10.8. The largest absolute Gasteiger partial charge is 0.439 e. The SMILES string of the molecule is Cc1ccc(Oc2c[c]nn2C)cc1C. The molecule has 0 unspecified atom stereocenters. The smallest absolute Gasteiger partial charge is 0.218 e. The van der Waals surface area contributed by atoms with Gasteiger partial charge in [-0.15, -0.1) is 0 Å². The molecule has 0 aliphatic rings. The van der Waals surface area contributed by atoms with E-state index in [-0.39, 0.29) is 0 Å². The van der Waals surface area contributed by atoms with Crippen LogP contribution in [0.4, 0.5) is 0 Å². The highest BCUT2D eigenvalue weighted by molar-refractivity contribution is 5.35. The third kappa shape index (κ3) is 2.01. The number of aryl methyl sites for hydroxylation is 3. The minimum absolute atomic E-state index is 0.693. The van der Waals surface area contributed by atoms with Gasteiger partial charge in [-0.2, -0.15) is 5.10 Å². The number of aromatic nitrogens is 2. The van der Waals surface area contributed by atoms with Crippen LogP contribution < -0.4 is 4.74 Å². The standard InChI is InChI=1S/C12H13N2O/c1-9-4-5-11(8-10(9)2)15-12-6-7-13-14(12)3/h4-6,8H,1-3H3. The van der Waals surface area contributed by atoms with E-state index in [2.05, 4.69) is 25.1 Å². The first-order valence-electron chi connectivity index (χ1n) is 4.82. The number of benzene rings is 1. The summed E-state index contributed by atoms with van der Waals surface area (Å²) in [6, 6.07) is 7.73. The highest BCUT2D eigenvalue weighted by atomic mass is 16.5. The van der Waals surface area contributed by atoms with Gasteiger partial charge in [-0.1, -0.05) is 6.07 Å². The van der Waals surface area contributed by atoms with Crippen molar-refractivity contribution in [3.8, 4) is 11.6 Å². The molecule has 2 aromatic rings. The van der Waals surface area contributed by atoms with E-state index < -0.39 is 0 Å². The third-order valence-electron chi connectivity index (χ3n) is 2.42. The molecule has 3 heteroatoms. The molecule has 0 aliphatic heterocycles. The minimum Gasteiger partial charge on any atom is -0.439 e. The molecule has 0 fully saturated rings. The van der Waals surface area contributed by atoms with E-state index in [4.69, 9.17) is 4.74 Å². The molecule has 0 spiro atoms. The fourth-order valence-corrected chi connectivity index (χ4v) is 1.31. The summed E-state index contributed by atoms with van der Waals surface area (Å²) in [5.74, 6) is 1.52. The molecule has 1 aromatic carbocycles.